The van der Waals surface area contributed by atoms with Crippen molar-refractivity contribution >= 4 is 29.5 Å². The minimum Gasteiger partial charge on any atom is -0.298 e. The van der Waals surface area contributed by atoms with Crippen LogP contribution in [0.4, 0.5) is 30.7 Å². The van der Waals surface area contributed by atoms with E-state index in [0.717, 1.165) is 0 Å². The Hall–Kier alpha value is -1.02. The molecule has 0 aliphatic rings. The second kappa shape index (κ2) is 5.07. The normalized spacial score (nSPS) is 13.4. The van der Waals surface area contributed by atoms with Crippen molar-refractivity contribution in [1.82, 2.24) is 0 Å². The van der Waals surface area contributed by atoms with Crippen LogP contribution in [0.3, 0.4) is 0 Å². The van der Waals surface area contributed by atoms with Crippen molar-refractivity contribution in [1.29, 1.82) is 0 Å². The summed E-state index contributed by atoms with van der Waals surface area (Å²) in [5.41, 5.74) is -8.03. The number of alkyl halides is 7. The van der Waals surface area contributed by atoms with Crippen LogP contribution in [0.25, 0.3) is 0 Å². The summed E-state index contributed by atoms with van der Waals surface area (Å²) in [5, 5.41) is -1.64. The van der Waals surface area contributed by atoms with Gasteiger partial charge in [0.15, 0.2) is 6.29 Å². The quantitative estimate of drug-likeness (QED) is 0.540. The van der Waals surface area contributed by atoms with E-state index in [9.17, 15) is 35.5 Å². The fourth-order valence-electron chi connectivity index (χ4n) is 1.38. The SMILES string of the molecule is O=Cc1c(Cl)cc(C(F)(C(F)(F)F)C(F)(F)F)cc1Cl. The topological polar surface area (TPSA) is 17.1 Å². The first kappa shape index (κ1) is 17.0. The molecule has 0 saturated carbocycles. The molecule has 0 aliphatic heterocycles. The largest absolute Gasteiger partial charge is 0.435 e. The van der Waals surface area contributed by atoms with E-state index in [1.165, 1.54) is 0 Å². The zero-order valence-corrected chi connectivity index (χ0v) is 10.6. The molecule has 0 radical (unpaired) electrons. The monoisotopic (exact) mass is 342 g/mol. The van der Waals surface area contributed by atoms with E-state index in [0.29, 0.717) is 0 Å². The molecule has 0 atom stereocenters. The third-order valence-electron chi connectivity index (χ3n) is 2.38. The number of aldehydes is 1. The van der Waals surface area contributed by atoms with Crippen LogP contribution in [0.5, 0.6) is 0 Å². The van der Waals surface area contributed by atoms with Crippen LogP contribution in [-0.4, -0.2) is 18.6 Å². The van der Waals surface area contributed by atoms with Gasteiger partial charge in [0.2, 0.25) is 0 Å². The Kier molecular flexibility index (Phi) is 4.32. The lowest BCUT2D eigenvalue weighted by atomic mass is 9.93. The summed E-state index contributed by atoms with van der Waals surface area (Å²) in [4.78, 5) is 10.5. The van der Waals surface area contributed by atoms with E-state index >= 15 is 0 Å². The van der Waals surface area contributed by atoms with Crippen LogP contribution in [-0.2, 0) is 5.67 Å². The average molecular weight is 343 g/mol. The molecule has 0 bridgehead atoms. The number of halogens is 9. The predicted molar refractivity (Wildman–Crippen MR) is 56.7 cm³/mol. The molecule has 1 nitrogen and oxygen atoms in total. The molecule has 0 saturated heterocycles. The molecule has 0 aliphatic carbocycles. The van der Waals surface area contributed by atoms with Gasteiger partial charge in [-0.25, -0.2) is 4.39 Å². The van der Waals surface area contributed by atoms with Crippen LogP contribution in [0.2, 0.25) is 10.0 Å². The van der Waals surface area contributed by atoms with E-state index in [2.05, 4.69) is 0 Å². The number of carbonyl (C=O) groups is 1. The third-order valence-corrected chi connectivity index (χ3v) is 3.00. The molecule has 20 heavy (non-hydrogen) atoms. The molecule has 112 valence electrons. The fourth-order valence-corrected chi connectivity index (χ4v) is 1.96. The van der Waals surface area contributed by atoms with Crippen molar-refractivity contribution in [2.24, 2.45) is 0 Å². The maximum Gasteiger partial charge on any atom is 0.435 e. The molecule has 0 fully saturated rings. The minimum atomic E-state index is -6.28. The molecule has 0 N–H and O–H groups in total. The van der Waals surface area contributed by atoms with Gasteiger partial charge in [0, 0.05) is 5.56 Å². The summed E-state index contributed by atoms with van der Waals surface area (Å²) < 4.78 is 88.6. The number of benzene rings is 1. The Labute approximate surface area is 117 Å². The van der Waals surface area contributed by atoms with Crippen LogP contribution in [0.1, 0.15) is 15.9 Å². The highest BCUT2D eigenvalue weighted by molar-refractivity contribution is 6.38. The standard InChI is InChI=1S/C10H3Cl2F7O/c11-6-1-4(2-7(12)5(6)3-20)8(13,9(14,15)16)10(17,18)19/h1-3H. The Morgan fingerprint density at radius 1 is 0.850 bits per heavy atom. The Balaban J connectivity index is 3.65. The first-order chi connectivity index (χ1) is 8.86. The van der Waals surface area contributed by atoms with Crippen molar-refractivity contribution in [3.05, 3.63) is 33.3 Å². The van der Waals surface area contributed by atoms with E-state index in [4.69, 9.17) is 23.2 Å². The lowest BCUT2D eigenvalue weighted by Crippen LogP contribution is -2.50. The lowest BCUT2D eigenvalue weighted by Gasteiger charge is -2.30. The molecular weight excluding hydrogens is 340 g/mol. The van der Waals surface area contributed by atoms with E-state index < -0.39 is 39.2 Å². The summed E-state index contributed by atoms with van der Waals surface area (Å²) in [6.07, 6.45) is -12.5. The van der Waals surface area contributed by atoms with Gasteiger partial charge in [0.1, 0.15) is 0 Å². The molecule has 1 aromatic carbocycles. The summed E-state index contributed by atoms with van der Waals surface area (Å²) >= 11 is 10.6. The number of hydrogen-bond donors (Lipinski definition) is 0. The van der Waals surface area contributed by atoms with Crippen molar-refractivity contribution in [3.8, 4) is 0 Å². The van der Waals surface area contributed by atoms with E-state index in [1.54, 1.807) is 0 Å². The first-order valence-electron chi connectivity index (χ1n) is 4.63. The molecule has 1 rings (SSSR count). The summed E-state index contributed by atoms with van der Waals surface area (Å²) in [5.74, 6) is 0. The van der Waals surface area contributed by atoms with Crippen LogP contribution in [0.15, 0.2) is 12.1 Å². The van der Waals surface area contributed by atoms with Gasteiger partial charge in [-0.15, -0.1) is 0 Å². The summed E-state index contributed by atoms with van der Waals surface area (Å²) in [6, 6.07) is 0.135. The van der Waals surface area contributed by atoms with Crippen LogP contribution < -0.4 is 0 Å². The van der Waals surface area contributed by atoms with Gasteiger partial charge in [-0.05, 0) is 12.1 Å². The van der Waals surface area contributed by atoms with Gasteiger partial charge in [-0.3, -0.25) is 4.79 Å². The minimum absolute atomic E-state index is 0.0233. The Morgan fingerprint density at radius 2 is 1.20 bits per heavy atom. The van der Waals surface area contributed by atoms with Crippen molar-refractivity contribution in [3.63, 3.8) is 0 Å². The van der Waals surface area contributed by atoms with Gasteiger partial charge in [-0.2, -0.15) is 26.3 Å². The van der Waals surface area contributed by atoms with Gasteiger partial charge < -0.3 is 0 Å². The second-order valence-electron chi connectivity index (χ2n) is 3.63. The molecule has 1 aromatic rings. The van der Waals surface area contributed by atoms with Gasteiger partial charge in [-0.1, -0.05) is 23.2 Å². The third kappa shape index (κ3) is 2.58. The molecule has 0 amide bonds. The van der Waals surface area contributed by atoms with Crippen LogP contribution >= 0.6 is 23.2 Å². The maximum atomic E-state index is 13.7. The molecule has 0 aromatic heterocycles. The number of carbonyl (C=O) groups excluding carboxylic acids is 1. The van der Waals surface area contributed by atoms with E-state index in [1.807, 2.05) is 0 Å². The van der Waals surface area contributed by atoms with Crippen molar-refractivity contribution < 1.29 is 35.5 Å². The van der Waals surface area contributed by atoms with Crippen molar-refractivity contribution in [2.75, 3.05) is 0 Å². The predicted octanol–water partition coefficient (Wildman–Crippen LogP) is 5.10. The lowest BCUT2D eigenvalue weighted by molar-refractivity contribution is -0.348. The Morgan fingerprint density at radius 3 is 1.45 bits per heavy atom. The van der Waals surface area contributed by atoms with Gasteiger partial charge in [0.05, 0.1) is 15.6 Å². The summed E-state index contributed by atoms with van der Waals surface area (Å²) in [6.45, 7) is 0. The fraction of sp³-hybridized carbons (Fsp3) is 0.300. The molecular formula is C10H3Cl2F7O. The zero-order chi connectivity index (χ0) is 15.9. The highest BCUT2D eigenvalue weighted by Gasteiger charge is 2.73. The van der Waals surface area contributed by atoms with Crippen LogP contribution in [0, 0.1) is 0 Å². The highest BCUT2D eigenvalue weighted by atomic mass is 35.5. The van der Waals surface area contributed by atoms with Gasteiger partial charge in [0.25, 0.3) is 0 Å². The molecule has 10 heteroatoms. The molecule has 0 unspecified atom stereocenters. The molecule has 0 spiro atoms. The Bertz CT molecular complexity index is 498. The van der Waals surface area contributed by atoms with Crippen molar-refractivity contribution in [2.45, 2.75) is 18.0 Å². The second-order valence-corrected chi connectivity index (χ2v) is 4.44. The van der Waals surface area contributed by atoms with Gasteiger partial charge >= 0.3 is 18.0 Å². The summed E-state index contributed by atoms with van der Waals surface area (Å²) in [7, 11) is 0. The molecule has 0 heterocycles. The smallest absolute Gasteiger partial charge is 0.298 e. The number of rotatable bonds is 2. The maximum absolute atomic E-state index is 13.7. The first-order valence-corrected chi connectivity index (χ1v) is 5.39. The average Bonchev–Trinajstić information content (AvgIpc) is 2.24. The van der Waals surface area contributed by atoms with E-state index in [-0.39, 0.29) is 18.4 Å². The zero-order valence-electron chi connectivity index (χ0n) is 9.04. The highest BCUT2D eigenvalue weighted by Crippen LogP contribution is 2.54. The number of hydrogen-bond acceptors (Lipinski definition) is 1.